The van der Waals surface area contributed by atoms with E-state index >= 15 is 0 Å². The van der Waals surface area contributed by atoms with Crippen molar-refractivity contribution in [3.8, 4) is 23.0 Å². The van der Waals surface area contributed by atoms with E-state index in [1.54, 1.807) is 0 Å². The zero-order valence-electron chi connectivity index (χ0n) is 25.3. The number of rotatable bonds is 12. The number of nitro groups is 2. The predicted octanol–water partition coefficient (Wildman–Crippen LogP) is 6.13. The molecule has 0 saturated carbocycles. The highest BCUT2D eigenvalue weighted by Gasteiger charge is 2.29. The van der Waals surface area contributed by atoms with Crippen molar-refractivity contribution in [3.05, 3.63) is 152 Å². The van der Waals surface area contributed by atoms with Crippen molar-refractivity contribution in [2.75, 3.05) is 0 Å². The molecular formula is C32H19ClN2O14S2. The summed E-state index contributed by atoms with van der Waals surface area (Å²) >= 11 is 6.23. The third-order valence-electron chi connectivity index (χ3n) is 6.55. The fourth-order valence-corrected chi connectivity index (χ4v) is 6.65. The average Bonchev–Trinajstić information content (AvgIpc) is 3.09. The number of hydrogen-bond acceptors (Lipinski definition) is 14. The first-order chi connectivity index (χ1) is 24.1. The fraction of sp³-hybridized carbons (Fsp3) is 0. The molecule has 0 N–H and O–H groups in total. The van der Waals surface area contributed by atoms with Crippen LogP contribution in [0.25, 0.3) is 0 Å². The van der Waals surface area contributed by atoms with Crippen LogP contribution in [-0.2, 0) is 20.2 Å². The first kappa shape index (κ1) is 35.9. The second kappa shape index (κ2) is 14.6. The Hall–Kier alpha value is -6.37. The van der Waals surface area contributed by atoms with Gasteiger partial charge in [0.25, 0.3) is 11.4 Å². The number of carbonyl (C=O) groups excluding carboxylic acids is 2. The number of carbonyl (C=O) groups is 2. The maximum Gasteiger partial charge on any atom is 0.346 e. The van der Waals surface area contributed by atoms with Crippen molar-refractivity contribution in [3.63, 3.8) is 0 Å². The standard InChI is InChI=1S/C32H19ClN2O14S2/c33-25-19-23(46-32(37)21-6-5-7-24(18-21)49-51(44,45)30-11-4-2-9-27(30)35(40)41)16-17-28(25)47-31(36)20-12-14-22(15-13-20)48-50(42,43)29-10-3-1-8-26(29)34(38)39/h1-19H. The summed E-state index contributed by atoms with van der Waals surface area (Å²) in [5.41, 5.74) is -1.58. The molecule has 0 bridgehead atoms. The molecule has 260 valence electrons. The zero-order valence-corrected chi connectivity index (χ0v) is 27.7. The van der Waals surface area contributed by atoms with E-state index in [0.29, 0.717) is 0 Å². The summed E-state index contributed by atoms with van der Waals surface area (Å²) in [5, 5.41) is 22.3. The molecule has 5 rings (SSSR count). The number of nitrogens with zero attached hydrogens (tertiary/aromatic N) is 2. The Balaban J connectivity index is 1.22. The maximum atomic E-state index is 12.8. The van der Waals surface area contributed by atoms with Crippen LogP contribution in [0.4, 0.5) is 11.4 Å². The lowest BCUT2D eigenvalue weighted by molar-refractivity contribution is -0.388. The van der Waals surface area contributed by atoms with E-state index in [2.05, 4.69) is 0 Å². The lowest BCUT2D eigenvalue weighted by Gasteiger charge is -2.11. The van der Waals surface area contributed by atoms with E-state index in [4.69, 9.17) is 29.4 Å². The minimum atomic E-state index is -4.66. The fourth-order valence-electron chi connectivity index (χ4n) is 4.26. The largest absolute Gasteiger partial charge is 0.423 e. The average molecular weight is 755 g/mol. The summed E-state index contributed by atoms with van der Waals surface area (Å²) in [7, 11) is -9.25. The van der Waals surface area contributed by atoms with E-state index < -0.39 is 63.2 Å². The van der Waals surface area contributed by atoms with Gasteiger partial charge in [-0.15, -0.1) is 0 Å². The molecule has 0 aliphatic rings. The molecule has 0 atom stereocenters. The summed E-state index contributed by atoms with van der Waals surface area (Å²) in [6.45, 7) is 0. The summed E-state index contributed by atoms with van der Waals surface area (Å²) in [6, 6.07) is 22.3. The summed E-state index contributed by atoms with van der Waals surface area (Å²) in [6.07, 6.45) is 0. The van der Waals surface area contributed by atoms with Gasteiger partial charge in [-0.1, -0.05) is 41.9 Å². The van der Waals surface area contributed by atoms with Crippen LogP contribution in [0.2, 0.25) is 5.02 Å². The number of ether oxygens (including phenoxy) is 2. The first-order valence-electron chi connectivity index (χ1n) is 13.9. The quantitative estimate of drug-likeness (QED) is 0.0459. The number of benzene rings is 5. The second-order valence-corrected chi connectivity index (χ2v) is 13.4. The SMILES string of the molecule is O=C(Oc1ccc(OC(=O)c2ccc(OS(=O)(=O)c3ccccc3[N+](=O)[O-])cc2)c(Cl)c1)c1cccc(OS(=O)(=O)c2ccccc2[N+](=O)[O-])c1. The molecule has 0 aromatic heterocycles. The van der Waals surface area contributed by atoms with Gasteiger partial charge < -0.3 is 17.8 Å². The van der Waals surface area contributed by atoms with Crippen LogP contribution in [0, 0.1) is 20.2 Å². The van der Waals surface area contributed by atoms with E-state index in [9.17, 15) is 46.7 Å². The second-order valence-electron chi connectivity index (χ2n) is 9.95. The molecule has 19 heteroatoms. The number of esters is 2. The Morgan fingerprint density at radius 2 is 1.06 bits per heavy atom. The van der Waals surface area contributed by atoms with Gasteiger partial charge in [-0.3, -0.25) is 20.2 Å². The molecule has 5 aromatic rings. The monoisotopic (exact) mass is 754 g/mol. The molecule has 0 spiro atoms. The molecule has 0 saturated heterocycles. The van der Waals surface area contributed by atoms with Crippen molar-refractivity contribution in [1.82, 2.24) is 0 Å². The van der Waals surface area contributed by atoms with Crippen LogP contribution in [0.15, 0.2) is 125 Å². The van der Waals surface area contributed by atoms with Gasteiger partial charge in [0.15, 0.2) is 9.79 Å². The van der Waals surface area contributed by atoms with Crippen molar-refractivity contribution < 1.29 is 54.1 Å². The van der Waals surface area contributed by atoms with Gasteiger partial charge in [0, 0.05) is 18.2 Å². The van der Waals surface area contributed by atoms with Gasteiger partial charge in [0.1, 0.15) is 23.0 Å². The molecule has 0 fully saturated rings. The molecule has 5 aromatic carbocycles. The van der Waals surface area contributed by atoms with Crippen molar-refractivity contribution >= 4 is 55.2 Å². The van der Waals surface area contributed by atoms with Crippen LogP contribution >= 0.6 is 11.6 Å². The highest BCUT2D eigenvalue weighted by Crippen LogP contribution is 2.32. The van der Waals surface area contributed by atoms with Crippen LogP contribution in [0.1, 0.15) is 20.7 Å². The Morgan fingerprint density at radius 3 is 1.61 bits per heavy atom. The molecule has 51 heavy (non-hydrogen) atoms. The molecule has 0 unspecified atom stereocenters. The van der Waals surface area contributed by atoms with Gasteiger partial charge in [-0.2, -0.15) is 16.8 Å². The highest BCUT2D eigenvalue weighted by molar-refractivity contribution is 7.87. The first-order valence-corrected chi connectivity index (χ1v) is 17.1. The number of nitro benzene ring substituents is 2. The molecule has 0 radical (unpaired) electrons. The van der Waals surface area contributed by atoms with E-state index in [-0.39, 0.29) is 39.1 Å². The maximum absolute atomic E-state index is 12.8. The van der Waals surface area contributed by atoms with E-state index in [1.165, 1.54) is 66.7 Å². The third kappa shape index (κ3) is 8.44. The van der Waals surface area contributed by atoms with Gasteiger partial charge in [-0.25, -0.2) is 9.59 Å². The minimum Gasteiger partial charge on any atom is -0.423 e. The molecule has 0 aliphatic carbocycles. The lowest BCUT2D eigenvalue weighted by Crippen LogP contribution is -2.13. The van der Waals surface area contributed by atoms with Crippen LogP contribution < -0.4 is 17.8 Å². The molecule has 0 heterocycles. The highest BCUT2D eigenvalue weighted by atomic mass is 35.5. The van der Waals surface area contributed by atoms with Gasteiger partial charge in [-0.05, 0) is 66.7 Å². The van der Waals surface area contributed by atoms with Crippen LogP contribution in [0.3, 0.4) is 0 Å². The van der Waals surface area contributed by atoms with Crippen LogP contribution in [0.5, 0.6) is 23.0 Å². The normalized spacial score (nSPS) is 11.2. The Kier molecular flexibility index (Phi) is 10.3. The topological polar surface area (TPSA) is 226 Å². The van der Waals surface area contributed by atoms with Crippen molar-refractivity contribution in [1.29, 1.82) is 0 Å². The number of halogens is 1. The van der Waals surface area contributed by atoms with Crippen molar-refractivity contribution in [2.45, 2.75) is 9.79 Å². The Labute approximate surface area is 292 Å². The van der Waals surface area contributed by atoms with Crippen LogP contribution in [-0.4, -0.2) is 38.6 Å². The Morgan fingerprint density at radius 1 is 0.549 bits per heavy atom. The smallest absolute Gasteiger partial charge is 0.346 e. The molecule has 0 amide bonds. The molecule has 16 nitrogen and oxygen atoms in total. The minimum absolute atomic E-state index is 0.0528. The van der Waals surface area contributed by atoms with Crippen molar-refractivity contribution in [2.24, 2.45) is 0 Å². The molecule has 0 aliphatic heterocycles. The summed E-state index contributed by atoms with van der Waals surface area (Å²) in [5.74, 6) is -2.68. The van der Waals surface area contributed by atoms with E-state index in [0.717, 1.165) is 48.5 Å². The zero-order chi connectivity index (χ0) is 36.9. The van der Waals surface area contributed by atoms with Gasteiger partial charge in [0.2, 0.25) is 0 Å². The third-order valence-corrected chi connectivity index (χ3v) is 9.44. The predicted molar refractivity (Wildman–Crippen MR) is 176 cm³/mol. The van der Waals surface area contributed by atoms with Gasteiger partial charge in [0.05, 0.1) is 26.0 Å². The van der Waals surface area contributed by atoms with Gasteiger partial charge >= 0.3 is 32.2 Å². The number of para-hydroxylation sites is 2. The lowest BCUT2D eigenvalue weighted by atomic mass is 10.2. The summed E-state index contributed by atoms with van der Waals surface area (Å²) in [4.78, 5) is 45.0. The number of hydrogen-bond donors (Lipinski definition) is 0. The summed E-state index contributed by atoms with van der Waals surface area (Å²) < 4.78 is 71.3. The molecular weight excluding hydrogens is 736 g/mol. The van der Waals surface area contributed by atoms with E-state index in [1.807, 2.05) is 0 Å². The Bertz CT molecular complexity index is 2420.